The zero-order chi connectivity index (χ0) is 28.5. The van der Waals surface area contributed by atoms with Crippen LogP contribution in [0.3, 0.4) is 0 Å². The van der Waals surface area contributed by atoms with Crippen LogP contribution in [0, 0.1) is 11.3 Å². The zero-order valence-corrected chi connectivity index (χ0v) is 22.9. The molecule has 1 N–H and O–H groups in total. The fraction of sp³-hybridized carbons (Fsp3) is 0.206. The van der Waals surface area contributed by atoms with Crippen molar-refractivity contribution in [2.75, 3.05) is 24.4 Å². The highest BCUT2D eigenvalue weighted by Gasteiger charge is 2.68. The molecule has 0 unspecified atom stereocenters. The van der Waals surface area contributed by atoms with E-state index in [9.17, 15) is 14.4 Å². The van der Waals surface area contributed by atoms with Crippen molar-refractivity contribution in [1.82, 2.24) is 0 Å². The quantitative estimate of drug-likeness (QED) is 0.324. The normalized spacial score (nSPS) is 23.5. The topological polar surface area (TPSA) is 84.9 Å². The van der Waals surface area contributed by atoms with Gasteiger partial charge < -0.3 is 14.8 Å². The lowest BCUT2D eigenvalue weighted by Crippen LogP contribution is -2.49. The van der Waals surface area contributed by atoms with Gasteiger partial charge in [-0.25, -0.2) is 4.90 Å². The van der Waals surface area contributed by atoms with Crippen molar-refractivity contribution in [3.63, 3.8) is 0 Å². The average Bonchev–Trinajstić information content (AvgIpc) is 3.22. The Morgan fingerprint density at radius 1 is 0.805 bits per heavy atom. The van der Waals surface area contributed by atoms with E-state index in [1.165, 1.54) is 12.0 Å². The summed E-state index contributed by atoms with van der Waals surface area (Å²) >= 11 is 0. The number of nitrogens with one attached hydrogen (secondary N) is 1. The van der Waals surface area contributed by atoms with Gasteiger partial charge in [0.2, 0.25) is 11.8 Å². The minimum absolute atomic E-state index is 0.191. The SMILES string of the molecule is COc1ccc(NC(=O)c2ccc(N3C(=O)[C@H]4C5c6ccccc6C(c6ccccc65)[C@]4(C)C3=O)cc2)c(OC)c1. The average molecular weight is 545 g/mol. The number of hydrogen-bond donors (Lipinski definition) is 1. The van der Waals surface area contributed by atoms with E-state index in [0.717, 1.165) is 22.3 Å². The molecule has 0 aromatic heterocycles. The number of rotatable bonds is 5. The van der Waals surface area contributed by atoms with Crippen LogP contribution >= 0.6 is 0 Å². The van der Waals surface area contributed by atoms with E-state index in [1.54, 1.807) is 49.6 Å². The molecule has 7 heteroatoms. The maximum atomic E-state index is 14.3. The van der Waals surface area contributed by atoms with Crippen LogP contribution in [-0.4, -0.2) is 31.9 Å². The summed E-state index contributed by atoms with van der Waals surface area (Å²) in [5.41, 5.74) is 4.93. The highest BCUT2D eigenvalue weighted by atomic mass is 16.5. The Hall–Kier alpha value is -4.91. The van der Waals surface area contributed by atoms with Gasteiger partial charge in [-0.3, -0.25) is 14.4 Å². The summed E-state index contributed by atoms with van der Waals surface area (Å²) < 4.78 is 10.6. The molecule has 4 aliphatic rings. The molecule has 2 atom stereocenters. The van der Waals surface area contributed by atoms with Gasteiger partial charge >= 0.3 is 0 Å². The summed E-state index contributed by atoms with van der Waals surface area (Å²) in [6.45, 7) is 1.95. The number of nitrogens with zero attached hydrogens (tertiary/aromatic N) is 1. The van der Waals surface area contributed by atoms with Gasteiger partial charge in [0.05, 0.1) is 36.9 Å². The van der Waals surface area contributed by atoms with Crippen LogP contribution < -0.4 is 19.7 Å². The molecule has 1 fully saturated rings. The molecule has 1 saturated heterocycles. The molecular formula is C34H28N2O5. The molecule has 1 aliphatic heterocycles. The molecule has 4 aromatic rings. The Bertz CT molecular complexity index is 1700. The lowest BCUT2D eigenvalue weighted by atomic mass is 9.48. The van der Waals surface area contributed by atoms with Crippen molar-refractivity contribution in [3.8, 4) is 11.5 Å². The smallest absolute Gasteiger partial charge is 0.255 e. The van der Waals surface area contributed by atoms with E-state index in [2.05, 4.69) is 29.6 Å². The van der Waals surface area contributed by atoms with Crippen molar-refractivity contribution >= 4 is 29.1 Å². The summed E-state index contributed by atoms with van der Waals surface area (Å²) in [5.74, 6) is -0.574. The van der Waals surface area contributed by atoms with Crippen LogP contribution in [0.4, 0.5) is 11.4 Å². The lowest BCUT2D eigenvalue weighted by Gasteiger charge is -2.51. The zero-order valence-electron chi connectivity index (χ0n) is 22.9. The summed E-state index contributed by atoms with van der Waals surface area (Å²) in [4.78, 5) is 42.8. The van der Waals surface area contributed by atoms with E-state index < -0.39 is 11.3 Å². The highest BCUT2D eigenvalue weighted by molar-refractivity contribution is 6.25. The molecule has 3 aliphatic carbocycles. The first-order valence-electron chi connectivity index (χ1n) is 13.6. The maximum absolute atomic E-state index is 14.3. The Morgan fingerprint density at radius 2 is 1.41 bits per heavy atom. The van der Waals surface area contributed by atoms with E-state index in [1.807, 2.05) is 31.2 Å². The van der Waals surface area contributed by atoms with Gasteiger partial charge in [0, 0.05) is 23.5 Å². The van der Waals surface area contributed by atoms with Crippen molar-refractivity contribution in [2.45, 2.75) is 18.8 Å². The molecule has 3 amide bonds. The third-order valence-electron chi connectivity index (χ3n) is 9.06. The molecule has 41 heavy (non-hydrogen) atoms. The highest BCUT2D eigenvalue weighted by Crippen LogP contribution is 2.67. The van der Waals surface area contributed by atoms with Crippen molar-refractivity contribution in [2.24, 2.45) is 11.3 Å². The number of anilines is 2. The van der Waals surface area contributed by atoms with E-state index in [0.29, 0.717) is 28.4 Å². The third kappa shape index (κ3) is 3.41. The number of ether oxygens (including phenoxy) is 2. The molecule has 204 valence electrons. The Kier molecular flexibility index (Phi) is 5.54. The summed E-state index contributed by atoms with van der Waals surface area (Å²) in [6.07, 6.45) is 0. The lowest BCUT2D eigenvalue weighted by molar-refractivity contribution is -0.128. The van der Waals surface area contributed by atoms with Crippen LogP contribution in [0.2, 0.25) is 0 Å². The number of benzene rings is 4. The van der Waals surface area contributed by atoms with Crippen molar-refractivity contribution < 1.29 is 23.9 Å². The second kappa shape index (κ2) is 9.06. The predicted molar refractivity (Wildman–Crippen MR) is 155 cm³/mol. The van der Waals surface area contributed by atoms with Crippen molar-refractivity contribution in [1.29, 1.82) is 0 Å². The molecular weight excluding hydrogens is 516 g/mol. The summed E-state index contributed by atoms with van der Waals surface area (Å²) in [7, 11) is 3.08. The van der Waals surface area contributed by atoms with Gasteiger partial charge in [0.1, 0.15) is 11.5 Å². The summed E-state index contributed by atoms with van der Waals surface area (Å²) in [6, 6.07) is 28.1. The fourth-order valence-corrected chi connectivity index (χ4v) is 7.22. The van der Waals surface area contributed by atoms with Crippen LogP contribution in [0.25, 0.3) is 0 Å². The minimum atomic E-state index is -0.911. The first kappa shape index (κ1) is 25.1. The Balaban J connectivity index is 1.21. The van der Waals surface area contributed by atoms with Crippen LogP contribution in [0.15, 0.2) is 91.0 Å². The predicted octanol–water partition coefficient (Wildman–Crippen LogP) is 5.74. The molecule has 0 radical (unpaired) electrons. The molecule has 7 nitrogen and oxygen atoms in total. The van der Waals surface area contributed by atoms with Crippen LogP contribution in [0.1, 0.15) is 51.4 Å². The molecule has 1 heterocycles. The Morgan fingerprint density at radius 3 is 2.00 bits per heavy atom. The van der Waals surface area contributed by atoms with Crippen LogP contribution in [-0.2, 0) is 9.59 Å². The standard InChI is InChI=1S/C34H28N2O5/c1-34-29-24-10-6-4-8-22(24)28(23-9-5-7-11-25(23)29)30(34)32(38)36(33(34)39)20-14-12-19(13-15-20)31(37)35-26-17-16-21(40-2)18-27(26)41-3/h4-18,28-30H,1-3H3,(H,35,37)/t28?,29?,30-,34+/m1/s1. The first-order chi connectivity index (χ1) is 19.9. The van der Waals surface area contributed by atoms with Crippen molar-refractivity contribution in [3.05, 3.63) is 119 Å². The van der Waals surface area contributed by atoms with Gasteiger partial charge in [-0.15, -0.1) is 0 Å². The van der Waals surface area contributed by atoms with E-state index in [4.69, 9.17) is 9.47 Å². The van der Waals surface area contributed by atoms with E-state index >= 15 is 0 Å². The number of carbonyl (C=O) groups excluding carboxylic acids is 3. The molecule has 4 aromatic carbocycles. The van der Waals surface area contributed by atoms with Gasteiger partial charge in [-0.1, -0.05) is 48.5 Å². The number of carbonyl (C=O) groups is 3. The van der Waals surface area contributed by atoms with Gasteiger partial charge in [-0.05, 0) is 65.6 Å². The minimum Gasteiger partial charge on any atom is -0.497 e. The van der Waals surface area contributed by atoms with Gasteiger partial charge in [0.25, 0.3) is 5.91 Å². The number of imide groups is 1. The molecule has 8 rings (SSSR count). The molecule has 0 saturated carbocycles. The van der Waals surface area contributed by atoms with Gasteiger partial charge in [-0.2, -0.15) is 0 Å². The first-order valence-corrected chi connectivity index (χ1v) is 13.6. The Labute approximate surface area is 237 Å². The maximum Gasteiger partial charge on any atom is 0.255 e. The van der Waals surface area contributed by atoms with E-state index in [-0.39, 0.29) is 29.6 Å². The summed E-state index contributed by atoms with van der Waals surface area (Å²) in [5, 5.41) is 2.86. The van der Waals surface area contributed by atoms with Crippen LogP contribution in [0.5, 0.6) is 11.5 Å². The number of amides is 3. The second-order valence-electron chi connectivity index (χ2n) is 11.0. The largest absolute Gasteiger partial charge is 0.497 e. The molecule has 2 bridgehead atoms. The monoisotopic (exact) mass is 544 g/mol. The third-order valence-corrected chi connectivity index (χ3v) is 9.06. The fourth-order valence-electron chi connectivity index (χ4n) is 7.22. The second-order valence-corrected chi connectivity index (χ2v) is 11.0. The molecule has 0 spiro atoms. The number of hydrogen-bond acceptors (Lipinski definition) is 5. The number of methoxy groups -OCH3 is 2. The van der Waals surface area contributed by atoms with Gasteiger partial charge in [0.15, 0.2) is 0 Å².